The third kappa shape index (κ3) is 3.30. The van der Waals surface area contributed by atoms with E-state index in [0.29, 0.717) is 5.82 Å². The van der Waals surface area contributed by atoms with E-state index in [0.717, 1.165) is 32.9 Å². The highest BCUT2D eigenvalue weighted by Crippen LogP contribution is 2.44. The third-order valence-corrected chi connectivity index (χ3v) is 7.72. The molecule has 0 saturated carbocycles. The lowest BCUT2D eigenvalue weighted by molar-refractivity contribution is 0.125. The highest BCUT2D eigenvalue weighted by atomic mass is 32.1. The SMILES string of the molecule is C/C(=N/OCc1nc2c3c4c(sc3ncn2n1)C(C)(C)NC(C)(C)C4)c1cccs1. The highest BCUT2D eigenvalue weighted by molar-refractivity contribution is 7.19. The fraction of sp³-hybridized carbons (Fsp3) is 0.429. The number of aromatic nitrogens is 4. The monoisotopic (exact) mass is 440 g/mol. The number of nitrogens with zero attached hydrogens (tertiary/aromatic N) is 5. The van der Waals surface area contributed by atoms with Crippen LogP contribution in [0.5, 0.6) is 0 Å². The molecule has 0 unspecified atom stereocenters. The number of nitrogens with one attached hydrogen (secondary N) is 1. The Morgan fingerprint density at radius 2 is 2.17 bits per heavy atom. The highest BCUT2D eigenvalue weighted by Gasteiger charge is 2.39. The summed E-state index contributed by atoms with van der Waals surface area (Å²) in [6.45, 7) is 11.1. The van der Waals surface area contributed by atoms with E-state index in [1.165, 1.54) is 10.4 Å². The predicted octanol–water partition coefficient (Wildman–Crippen LogP) is 4.50. The molecule has 156 valence electrons. The molecular weight excluding hydrogens is 416 g/mol. The second kappa shape index (κ2) is 6.83. The van der Waals surface area contributed by atoms with Crippen molar-refractivity contribution in [2.24, 2.45) is 5.16 Å². The van der Waals surface area contributed by atoms with Crippen LogP contribution in [-0.2, 0) is 23.4 Å². The Kier molecular flexibility index (Phi) is 4.46. The Morgan fingerprint density at radius 3 is 2.93 bits per heavy atom. The van der Waals surface area contributed by atoms with Crippen molar-refractivity contribution in [3.05, 3.63) is 45.0 Å². The van der Waals surface area contributed by atoms with E-state index in [4.69, 9.17) is 9.82 Å². The largest absolute Gasteiger partial charge is 0.387 e. The maximum Gasteiger partial charge on any atom is 0.192 e. The molecule has 0 radical (unpaired) electrons. The van der Waals surface area contributed by atoms with Crippen molar-refractivity contribution in [2.75, 3.05) is 0 Å². The van der Waals surface area contributed by atoms with E-state index in [9.17, 15) is 0 Å². The first kappa shape index (κ1) is 19.6. The number of rotatable bonds is 4. The molecule has 0 fully saturated rings. The van der Waals surface area contributed by atoms with Crippen molar-refractivity contribution in [2.45, 2.75) is 58.7 Å². The molecule has 0 atom stereocenters. The number of hydrogen-bond donors (Lipinski definition) is 1. The minimum absolute atomic E-state index is 0.00265. The van der Waals surface area contributed by atoms with Crippen LogP contribution in [0.2, 0.25) is 0 Å². The van der Waals surface area contributed by atoms with E-state index in [-0.39, 0.29) is 17.7 Å². The second-order valence-electron chi connectivity index (χ2n) is 8.87. The Labute approximate surface area is 182 Å². The number of hydrogen-bond acceptors (Lipinski definition) is 8. The van der Waals surface area contributed by atoms with Crippen molar-refractivity contribution in [3.63, 3.8) is 0 Å². The molecule has 1 N–H and O–H groups in total. The van der Waals surface area contributed by atoms with Gasteiger partial charge in [0, 0.05) is 16.0 Å². The molecule has 0 aliphatic carbocycles. The van der Waals surface area contributed by atoms with Crippen LogP contribution >= 0.6 is 22.7 Å². The lowest BCUT2D eigenvalue weighted by atomic mass is 9.82. The summed E-state index contributed by atoms with van der Waals surface area (Å²) in [5, 5.41) is 15.7. The van der Waals surface area contributed by atoms with Crippen molar-refractivity contribution in [3.8, 4) is 0 Å². The van der Waals surface area contributed by atoms with Crippen molar-refractivity contribution < 1.29 is 4.84 Å². The molecule has 0 bridgehead atoms. The first-order valence-corrected chi connectivity index (χ1v) is 11.6. The molecule has 0 amide bonds. The summed E-state index contributed by atoms with van der Waals surface area (Å²) in [4.78, 5) is 18.4. The molecule has 1 aliphatic heterocycles. The second-order valence-corrected chi connectivity index (χ2v) is 10.8. The first-order valence-electron chi connectivity index (χ1n) is 9.89. The Morgan fingerprint density at radius 1 is 1.33 bits per heavy atom. The molecule has 1 aliphatic rings. The van der Waals surface area contributed by atoms with E-state index in [1.807, 2.05) is 24.4 Å². The van der Waals surface area contributed by atoms with Gasteiger partial charge in [-0.1, -0.05) is 11.2 Å². The van der Waals surface area contributed by atoms with E-state index in [2.05, 4.69) is 48.3 Å². The first-order chi connectivity index (χ1) is 14.2. The molecule has 0 spiro atoms. The van der Waals surface area contributed by atoms with Gasteiger partial charge in [-0.05, 0) is 58.0 Å². The normalized spacial score (nSPS) is 18.1. The zero-order chi connectivity index (χ0) is 21.1. The Hall–Kier alpha value is -2.36. The summed E-state index contributed by atoms with van der Waals surface area (Å²) in [6.07, 6.45) is 2.66. The van der Waals surface area contributed by atoms with Gasteiger partial charge in [0.1, 0.15) is 11.2 Å². The molecule has 4 aromatic heterocycles. The van der Waals surface area contributed by atoms with Gasteiger partial charge in [0.05, 0.1) is 16.0 Å². The molecule has 5 heterocycles. The third-order valence-electron chi connectivity index (χ3n) is 5.28. The topological polar surface area (TPSA) is 76.7 Å². The minimum Gasteiger partial charge on any atom is -0.387 e. The van der Waals surface area contributed by atoms with Gasteiger partial charge >= 0.3 is 0 Å². The Balaban J connectivity index is 1.51. The van der Waals surface area contributed by atoms with Crippen LogP contribution in [0.1, 0.15) is 55.8 Å². The minimum atomic E-state index is -0.112. The summed E-state index contributed by atoms with van der Waals surface area (Å²) >= 11 is 3.38. The van der Waals surface area contributed by atoms with Gasteiger partial charge in [-0.15, -0.1) is 27.8 Å². The molecule has 7 nitrogen and oxygen atoms in total. The van der Waals surface area contributed by atoms with Gasteiger partial charge in [0.15, 0.2) is 18.1 Å². The maximum absolute atomic E-state index is 5.54. The number of fused-ring (bicyclic) bond motifs is 5. The fourth-order valence-corrected chi connectivity index (χ4v) is 6.22. The van der Waals surface area contributed by atoms with Gasteiger partial charge in [0.2, 0.25) is 0 Å². The van der Waals surface area contributed by atoms with E-state index >= 15 is 0 Å². The molecule has 9 heteroatoms. The maximum atomic E-state index is 5.54. The van der Waals surface area contributed by atoms with Crippen LogP contribution < -0.4 is 5.32 Å². The lowest BCUT2D eigenvalue weighted by Gasteiger charge is -2.42. The summed E-state index contributed by atoms with van der Waals surface area (Å²) in [7, 11) is 0. The summed E-state index contributed by atoms with van der Waals surface area (Å²) in [5.74, 6) is 0.597. The molecule has 4 aromatic rings. The van der Waals surface area contributed by atoms with Crippen LogP contribution in [-0.4, -0.2) is 30.8 Å². The van der Waals surface area contributed by atoms with Gasteiger partial charge in [0.25, 0.3) is 0 Å². The van der Waals surface area contributed by atoms with Gasteiger partial charge in [-0.25, -0.2) is 14.5 Å². The standard InChI is InChI=1S/C21H24N6OS2/c1-12(14-7-6-8-29-14)25-28-10-15-23-18-16-13-9-20(2,3)26-21(4,5)17(13)30-19(16)22-11-27(18)24-15/h6-8,11,26H,9-10H2,1-5H3/b25-12-. The van der Waals surface area contributed by atoms with Crippen LogP contribution in [0.3, 0.4) is 0 Å². The summed E-state index contributed by atoms with van der Waals surface area (Å²) in [6, 6.07) is 4.02. The lowest BCUT2D eigenvalue weighted by Crippen LogP contribution is -2.54. The quantitative estimate of drug-likeness (QED) is 0.373. The molecule has 0 aromatic carbocycles. The van der Waals surface area contributed by atoms with Crippen LogP contribution in [0.4, 0.5) is 0 Å². The van der Waals surface area contributed by atoms with E-state index < -0.39 is 0 Å². The molecule has 30 heavy (non-hydrogen) atoms. The van der Waals surface area contributed by atoms with Gasteiger partial charge in [-0.2, -0.15) is 0 Å². The zero-order valence-corrected chi connectivity index (χ0v) is 19.3. The van der Waals surface area contributed by atoms with Crippen molar-refractivity contribution in [1.82, 2.24) is 24.9 Å². The zero-order valence-electron chi connectivity index (χ0n) is 17.7. The van der Waals surface area contributed by atoms with E-state index in [1.54, 1.807) is 33.5 Å². The fourth-order valence-electron chi connectivity index (χ4n) is 4.34. The summed E-state index contributed by atoms with van der Waals surface area (Å²) < 4.78 is 1.76. The van der Waals surface area contributed by atoms with Crippen LogP contribution in [0, 0.1) is 0 Å². The molecular formula is C21H24N6OS2. The molecule has 0 saturated heterocycles. The van der Waals surface area contributed by atoms with Gasteiger partial charge in [-0.3, -0.25) is 0 Å². The molecule has 5 rings (SSSR count). The summed E-state index contributed by atoms with van der Waals surface area (Å²) in [5.41, 5.74) is 2.90. The van der Waals surface area contributed by atoms with Crippen LogP contribution in [0.15, 0.2) is 29.0 Å². The number of oxime groups is 1. The Bertz CT molecular complexity index is 1270. The smallest absolute Gasteiger partial charge is 0.192 e. The predicted molar refractivity (Wildman–Crippen MR) is 121 cm³/mol. The van der Waals surface area contributed by atoms with Crippen molar-refractivity contribution in [1.29, 1.82) is 0 Å². The number of thiophene rings is 2. The van der Waals surface area contributed by atoms with Crippen LogP contribution in [0.25, 0.3) is 15.9 Å². The average Bonchev–Trinajstić information content (AvgIpc) is 3.37. The average molecular weight is 441 g/mol. The van der Waals surface area contributed by atoms with Gasteiger partial charge < -0.3 is 10.2 Å². The van der Waals surface area contributed by atoms with Crippen molar-refractivity contribution >= 4 is 44.2 Å².